The van der Waals surface area contributed by atoms with Gasteiger partial charge >= 0.3 is 5.97 Å². The second kappa shape index (κ2) is 10.3. The van der Waals surface area contributed by atoms with Crippen LogP contribution in [0.1, 0.15) is 28.8 Å². The van der Waals surface area contributed by atoms with Crippen LogP contribution in [0.25, 0.3) is 0 Å². The summed E-state index contributed by atoms with van der Waals surface area (Å²) >= 11 is 0. The molecule has 2 aromatic carbocycles. The van der Waals surface area contributed by atoms with Gasteiger partial charge in [0.2, 0.25) is 0 Å². The molecule has 1 saturated heterocycles. The Morgan fingerprint density at radius 2 is 1.73 bits per heavy atom. The summed E-state index contributed by atoms with van der Waals surface area (Å²) in [6.45, 7) is 4.49. The van der Waals surface area contributed by atoms with E-state index in [2.05, 4.69) is 4.90 Å². The molecule has 1 amide bonds. The SMILES string of the molecule is Cc1ccc(N(CCN2CCC(OCC(=O)O)CC2)C(=O)c2ccc(F)cc2)cc1. The van der Waals surface area contributed by atoms with E-state index in [1.54, 1.807) is 4.90 Å². The quantitative estimate of drug-likeness (QED) is 0.717. The maximum absolute atomic E-state index is 13.3. The highest BCUT2D eigenvalue weighted by Crippen LogP contribution is 2.20. The van der Waals surface area contributed by atoms with E-state index in [9.17, 15) is 14.0 Å². The van der Waals surface area contributed by atoms with Crippen LogP contribution in [0.2, 0.25) is 0 Å². The largest absolute Gasteiger partial charge is 0.480 e. The number of likely N-dealkylation sites (tertiary alicyclic amines) is 1. The second-order valence-corrected chi connectivity index (χ2v) is 7.54. The number of carboxylic acids is 1. The third kappa shape index (κ3) is 6.11. The maximum Gasteiger partial charge on any atom is 0.329 e. The molecule has 0 bridgehead atoms. The number of halogens is 1. The van der Waals surface area contributed by atoms with Gasteiger partial charge in [0.15, 0.2) is 0 Å². The number of amides is 1. The molecule has 0 atom stereocenters. The Balaban J connectivity index is 1.63. The molecular formula is C23H27FN2O4. The molecule has 1 heterocycles. The van der Waals surface area contributed by atoms with E-state index in [0.717, 1.165) is 37.2 Å². The Hall–Kier alpha value is -2.77. The smallest absolute Gasteiger partial charge is 0.329 e. The van der Waals surface area contributed by atoms with Crippen molar-refractivity contribution < 1.29 is 23.8 Å². The van der Waals surface area contributed by atoms with Crippen molar-refractivity contribution in [1.29, 1.82) is 0 Å². The third-order valence-corrected chi connectivity index (χ3v) is 5.30. The van der Waals surface area contributed by atoms with Gasteiger partial charge in [-0.25, -0.2) is 9.18 Å². The summed E-state index contributed by atoms with van der Waals surface area (Å²) in [4.78, 5) is 27.7. The van der Waals surface area contributed by atoms with Crippen molar-refractivity contribution in [1.82, 2.24) is 4.90 Å². The average molecular weight is 414 g/mol. The molecule has 1 aliphatic rings. The average Bonchev–Trinajstić information content (AvgIpc) is 2.74. The number of aryl methyl sites for hydroxylation is 1. The van der Waals surface area contributed by atoms with E-state index in [1.807, 2.05) is 31.2 Å². The predicted octanol–water partition coefficient (Wildman–Crippen LogP) is 3.35. The van der Waals surface area contributed by atoms with Crippen molar-refractivity contribution >= 4 is 17.6 Å². The van der Waals surface area contributed by atoms with Gasteiger partial charge in [-0.05, 0) is 56.2 Å². The van der Waals surface area contributed by atoms with Crippen LogP contribution in [0.5, 0.6) is 0 Å². The van der Waals surface area contributed by atoms with Crippen LogP contribution in [0.15, 0.2) is 48.5 Å². The van der Waals surface area contributed by atoms with Crippen molar-refractivity contribution in [2.75, 3.05) is 37.7 Å². The molecule has 0 aliphatic carbocycles. The van der Waals surface area contributed by atoms with E-state index in [-0.39, 0.29) is 24.4 Å². The maximum atomic E-state index is 13.3. The van der Waals surface area contributed by atoms with Crippen molar-refractivity contribution in [3.8, 4) is 0 Å². The molecule has 3 rings (SSSR count). The molecule has 0 spiro atoms. The minimum absolute atomic E-state index is 0.0357. The molecule has 7 heteroatoms. The van der Waals surface area contributed by atoms with Gasteiger partial charge in [0.1, 0.15) is 12.4 Å². The summed E-state index contributed by atoms with van der Waals surface area (Å²) < 4.78 is 18.6. The zero-order valence-corrected chi connectivity index (χ0v) is 17.1. The molecule has 6 nitrogen and oxygen atoms in total. The number of ether oxygens (including phenoxy) is 1. The first-order valence-electron chi connectivity index (χ1n) is 10.1. The van der Waals surface area contributed by atoms with Crippen molar-refractivity contribution in [2.24, 2.45) is 0 Å². The summed E-state index contributed by atoms with van der Waals surface area (Å²) in [6.07, 6.45) is 1.50. The molecule has 2 aromatic rings. The number of piperidine rings is 1. The standard InChI is InChI=1S/C23H27FN2O4/c1-17-2-8-20(9-3-17)26(23(29)18-4-6-19(24)7-5-18)15-14-25-12-10-21(11-13-25)30-16-22(27)28/h2-9,21H,10-16H2,1H3,(H,27,28). The highest BCUT2D eigenvalue weighted by Gasteiger charge is 2.23. The lowest BCUT2D eigenvalue weighted by Gasteiger charge is -2.33. The molecule has 0 aromatic heterocycles. The number of nitrogens with zero attached hydrogens (tertiary/aromatic N) is 2. The molecule has 0 saturated carbocycles. The molecule has 0 unspecified atom stereocenters. The van der Waals surface area contributed by atoms with Crippen molar-refractivity contribution in [3.63, 3.8) is 0 Å². The van der Waals surface area contributed by atoms with Gasteiger partial charge in [0.05, 0.1) is 6.10 Å². The monoisotopic (exact) mass is 414 g/mol. The van der Waals surface area contributed by atoms with Gasteiger partial charge in [0.25, 0.3) is 5.91 Å². The van der Waals surface area contributed by atoms with Gasteiger partial charge < -0.3 is 19.6 Å². The van der Waals surface area contributed by atoms with E-state index in [1.165, 1.54) is 24.3 Å². The topological polar surface area (TPSA) is 70.1 Å². The number of carboxylic acid groups (broad SMARTS) is 1. The highest BCUT2D eigenvalue weighted by molar-refractivity contribution is 6.06. The van der Waals surface area contributed by atoms with Crippen LogP contribution in [-0.2, 0) is 9.53 Å². The lowest BCUT2D eigenvalue weighted by Crippen LogP contribution is -2.43. The molecule has 1 N–H and O–H groups in total. The van der Waals surface area contributed by atoms with Crippen LogP contribution in [0.4, 0.5) is 10.1 Å². The number of hydrogen-bond acceptors (Lipinski definition) is 4. The minimum atomic E-state index is -0.953. The van der Waals surface area contributed by atoms with Gasteiger partial charge in [-0.1, -0.05) is 17.7 Å². The first-order chi connectivity index (χ1) is 14.4. The summed E-state index contributed by atoms with van der Waals surface area (Å²) in [5.41, 5.74) is 2.35. The molecule has 160 valence electrons. The molecule has 30 heavy (non-hydrogen) atoms. The van der Waals surface area contributed by atoms with Gasteiger partial charge in [-0.3, -0.25) is 4.79 Å². The first-order valence-corrected chi connectivity index (χ1v) is 10.1. The third-order valence-electron chi connectivity index (χ3n) is 5.30. The van der Waals surface area contributed by atoms with Crippen molar-refractivity contribution in [2.45, 2.75) is 25.9 Å². The number of carbonyl (C=O) groups excluding carboxylic acids is 1. The molecule has 1 fully saturated rings. The lowest BCUT2D eigenvalue weighted by atomic mass is 10.1. The lowest BCUT2D eigenvalue weighted by molar-refractivity contribution is -0.145. The van der Waals surface area contributed by atoms with Gasteiger partial charge in [0, 0.05) is 37.4 Å². The van der Waals surface area contributed by atoms with Crippen LogP contribution in [0.3, 0.4) is 0 Å². The minimum Gasteiger partial charge on any atom is -0.480 e. The second-order valence-electron chi connectivity index (χ2n) is 7.54. The Labute approximate surface area is 175 Å². The van der Waals surface area contributed by atoms with E-state index < -0.39 is 5.97 Å². The summed E-state index contributed by atoms with van der Waals surface area (Å²) in [6, 6.07) is 13.4. The number of aliphatic carboxylic acids is 1. The van der Waals surface area contributed by atoms with E-state index in [0.29, 0.717) is 18.7 Å². The Morgan fingerprint density at radius 3 is 2.33 bits per heavy atom. The Bertz CT molecular complexity index is 847. The number of anilines is 1. The zero-order chi connectivity index (χ0) is 21.5. The van der Waals surface area contributed by atoms with E-state index in [4.69, 9.17) is 9.84 Å². The van der Waals surface area contributed by atoms with Crippen LogP contribution in [0, 0.1) is 12.7 Å². The fourth-order valence-corrected chi connectivity index (χ4v) is 3.55. The number of rotatable bonds is 8. The highest BCUT2D eigenvalue weighted by atomic mass is 19.1. The molecular weight excluding hydrogens is 387 g/mol. The fraction of sp³-hybridized carbons (Fsp3) is 0.391. The zero-order valence-electron chi connectivity index (χ0n) is 17.1. The Kier molecular flexibility index (Phi) is 7.54. The Morgan fingerprint density at radius 1 is 1.10 bits per heavy atom. The number of benzene rings is 2. The van der Waals surface area contributed by atoms with Crippen LogP contribution in [-0.4, -0.2) is 60.8 Å². The number of hydrogen-bond donors (Lipinski definition) is 1. The first kappa shape index (κ1) is 21.9. The van der Waals surface area contributed by atoms with Crippen molar-refractivity contribution in [3.05, 3.63) is 65.5 Å². The summed E-state index contributed by atoms with van der Waals surface area (Å²) in [5, 5.41) is 8.73. The van der Waals surface area contributed by atoms with E-state index >= 15 is 0 Å². The molecule has 1 aliphatic heterocycles. The fourth-order valence-electron chi connectivity index (χ4n) is 3.55. The normalized spacial score (nSPS) is 15.1. The van der Waals surface area contributed by atoms with Crippen LogP contribution >= 0.6 is 0 Å². The predicted molar refractivity (Wildman–Crippen MR) is 112 cm³/mol. The van der Waals surface area contributed by atoms with Crippen LogP contribution < -0.4 is 4.90 Å². The molecule has 0 radical (unpaired) electrons. The van der Waals surface area contributed by atoms with Gasteiger partial charge in [-0.2, -0.15) is 0 Å². The summed E-state index contributed by atoms with van der Waals surface area (Å²) in [7, 11) is 0. The summed E-state index contributed by atoms with van der Waals surface area (Å²) in [5.74, 6) is -1.49. The van der Waals surface area contributed by atoms with Gasteiger partial charge in [-0.15, -0.1) is 0 Å². The number of carbonyl (C=O) groups is 2.